The van der Waals surface area contributed by atoms with Crippen LogP contribution in [0.1, 0.15) is 25.8 Å². The number of benzene rings is 2. The zero-order chi connectivity index (χ0) is 20.5. The summed E-state index contributed by atoms with van der Waals surface area (Å²) in [6.45, 7) is 5.19. The van der Waals surface area contributed by atoms with Crippen LogP contribution in [-0.2, 0) is 16.0 Å². The fourth-order valence-electron chi connectivity index (χ4n) is 3.31. The maximum atomic E-state index is 11.2. The summed E-state index contributed by atoms with van der Waals surface area (Å²) in [6, 6.07) is 11.5. The molecular weight excluding hydrogens is 358 g/mol. The number of hydrogen-bond donors (Lipinski definition) is 2. The van der Waals surface area contributed by atoms with Crippen LogP contribution in [0.2, 0.25) is 0 Å². The molecule has 1 amide bonds. The fraction of sp³-hybridized carbons (Fsp3) is 0.455. The minimum absolute atomic E-state index is 0.168. The Bertz CT molecular complexity index is 790. The molecule has 0 saturated heterocycles. The smallest absolute Gasteiger partial charge is 0.405 e. The second kappa shape index (κ2) is 10.7. The molecule has 2 aromatic carbocycles. The Labute approximate surface area is 165 Å². The van der Waals surface area contributed by atoms with Crippen molar-refractivity contribution in [1.29, 1.82) is 0 Å². The molecule has 2 rings (SSSR count). The van der Waals surface area contributed by atoms with Crippen molar-refractivity contribution in [2.24, 2.45) is 11.8 Å². The molecule has 0 saturated carbocycles. The Balaban J connectivity index is 2.21. The lowest BCUT2D eigenvalue weighted by atomic mass is 9.84. The predicted molar refractivity (Wildman–Crippen MR) is 109 cm³/mol. The lowest BCUT2D eigenvalue weighted by Crippen LogP contribution is -2.37. The first-order chi connectivity index (χ1) is 13.4. The zero-order valence-electron chi connectivity index (χ0n) is 16.7. The van der Waals surface area contributed by atoms with Crippen LogP contribution in [-0.4, -0.2) is 43.9 Å². The normalized spacial score (nSPS) is 13.3. The number of nitrogens with one attached hydrogen (secondary N) is 1. The van der Waals surface area contributed by atoms with Crippen molar-refractivity contribution in [3.8, 4) is 5.75 Å². The first-order valence-corrected chi connectivity index (χ1v) is 9.52. The van der Waals surface area contributed by atoms with Gasteiger partial charge in [-0.25, -0.2) is 4.79 Å². The van der Waals surface area contributed by atoms with E-state index in [0.717, 1.165) is 28.5 Å². The van der Waals surface area contributed by atoms with Gasteiger partial charge in [0.1, 0.15) is 18.6 Å². The molecule has 2 N–H and O–H groups in total. The van der Waals surface area contributed by atoms with E-state index in [2.05, 4.69) is 37.4 Å². The first kappa shape index (κ1) is 21.7. The van der Waals surface area contributed by atoms with Crippen LogP contribution in [0, 0.1) is 11.8 Å². The summed E-state index contributed by atoms with van der Waals surface area (Å²) in [4.78, 5) is 22.1. The molecule has 0 bridgehead atoms. The third kappa shape index (κ3) is 6.23. The molecule has 0 spiro atoms. The van der Waals surface area contributed by atoms with Gasteiger partial charge >= 0.3 is 6.09 Å². The van der Waals surface area contributed by atoms with E-state index in [0.29, 0.717) is 31.8 Å². The molecule has 0 fully saturated rings. The first-order valence-electron chi connectivity index (χ1n) is 9.52. The average Bonchev–Trinajstić information content (AvgIpc) is 2.66. The van der Waals surface area contributed by atoms with Gasteiger partial charge in [-0.3, -0.25) is 0 Å². The lowest BCUT2D eigenvalue weighted by molar-refractivity contribution is -0.109. The average molecular weight is 387 g/mol. The Morgan fingerprint density at radius 3 is 2.64 bits per heavy atom. The number of methoxy groups -OCH3 is 1. The van der Waals surface area contributed by atoms with Crippen LogP contribution in [0.25, 0.3) is 10.8 Å². The van der Waals surface area contributed by atoms with Crippen LogP contribution < -0.4 is 10.1 Å². The van der Waals surface area contributed by atoms with Gasteiger partial charge in [-0.1, -0.05) is 38.1 Å². The molecule has 0 aliphatic carbocycles. The number of carbonyl (C=O) groups is 2. The molecule has 2 unspecified atom stereocenters. The summed E-state index contributed by atoms with van der Waals surface area (Å²) in [5, 5.41) is 13.3. The van der Waals surface area contributed by atoms with Gasteiger partial charge in [-0.2, -0.15) is 0 Å². The van der Waals surface area contributed by atoms with Crippen molar-refractivity contribution in [2.75, 3.05) is 20.3 Å². The summed E-state index contributed by atoms with van der Waals surface area (Å²) in [7, 11) is 1.64. The van der Waals surface area contributed by atoms with Gasteiger partial charge in [0.2, 0.25) is 0 Å². The van der Waals surface area contributed by atoms with Gasteiger partial charge in [0.15, 0.2) is 0 Å². The van der Waals surface area contributed by atoms with Gasteiger partial charge in [0.25, 0.3) is 0 Å². The Hall–Kier alpha value is -2.60. The van der Waals surface area contributed by atoms with Gasteiger partial charge in [0.05, 0.1) is 12.6 Å². The number of fused-ring (bicyclic) bond motifs is 1. The second-order valence-corrected chi connectivity index (χ2v) is 7.29. The van der Waals surface area contributed by atoms with Crippen molar-refractivity contribution in [3.63, 3.8) is 0 Å². The number of hydrogen-bond acceptors (Lipinski definition) is 4. The summed E-state index contributed by atoms with van der Waals surface area (Å²) in [5.74, 6) is 1.29. The highest BCUT2D eigenvalue weighted by atomic mass is 16.5. The molecule has 2 atom stereocenters. The quantitative estimate of drug-likeness (QED) is 0.451. The summed E-state index contributed by atoms with van der Waals surface area (Å²) in [5.41, 5.74) is 1.13. The molecule has 0 aromatic heterocycles. The highest BCUT2D eigenvalue weighted by Gasteiger charge is 2.21. The minimum atomic E-state index is -1.18. The molecule has 0 radical (unpaired) electrons. The Morgan fingerprint density at radius 2 is 2.00 bits per heavy atom. The van der Waals surface area contributed by atoms with E-state index in [1.165, 1.54) is 0 Å². The van der Waals surface area contributed by atoms with Crippen molar-refractivity contribution in [1.82, 2.24) is 5.32 Å². The van der Waals surface area contributed by atoms with E-state index in [4.69, 9.17) is 14.6 Å². The van der Waals surface area contributed by atoms with Crippen LogP contribution >= 0.6 is 0 Å². The molecule has 28 heavy (non-hydrogen) atoms. The van der Waals surface area contributed by atoms with Gasteiger partial charge in [-0.15, -0.1) is 0 Å². The highest BCUT2D eigenvalue weighted by Crippen LogP contribution is 2.29. The van der Waals surface area contributed by atoms with Crippen molar-refractivity contribution in [3.05, 3.63) is 42.0 Å². The molecule has 6 nitrogen and oxygen atoms in total. The zero-order valence-corrected chi connectivity index (χ0v) is 16.7. The SMILES string of the molecule is COCCOc1cccc2ccc(CC(CC(C=O)NC(=O)O)C(C)C)cc12. The van der Waals surface area contributed by atoms with Crippen molar-refractivity contribution >= 4 is 23.2 Å². The van der Waals surface area contributed by atoms with E-state index < -0.39 is 12.1 Å². The molecule has 152 valence electrons. The number of amides is 1. The number of ether oxygens (including phenoxy) is 2. The van der Waals surface area contributed by atoms with Crippen LogP contribution in [0.15, 0.2) is 36.4 Å². The highest BCUT2D eigenvalue weighted by molar-refractivity contribution is 5.88. The third-order valence-electron chi connectivity index (χ3n) is 4.92. The van der Waals surface area contributed by atoms with E-state index in [1.54, 1.807) is 7.11 Å². The van der Waals surface area contributed by atoms with E-state index in [1.807, 2.05) is 18.2 Å². The van der Waals surface area contributed by atoms with Crippen LogP contribution in [0.4, 0.5) is 4.79 Å². The molecular formula is C22H29NO5. The van der Waals surface area contributed by atoms with Crippen LogP contribution in [0.3, 0.4) is 0 Å². The largest absolute Gasteiger partial charge is 0.491 e. The van der Waals surface area contributed by atoms with Gasteiger partial charge in [-0.05, 0) is 47.8 Å². The van der Waals surface area contributed by atoms with Crippen molar-refractivity contribution in [2.45, 2.75) is 32.7 Å². The van der Waals surface area contributed by atoms with Crippen LogP contribution in [0.5, 0.6) is 5.75 Å². The molecule has 0 aliphatic rings. The number of rotatable bonds is 11. The third-order valence-corrected chi connectivity index (χ3v) is 4.92. The lowest BCUT2D eigenvalue weighted by Gasteiger charge is -2.24. The number of aldehydes is 1. The van der Waals surface area contributed by atoms with E-state index in [-0.39, 0.29) is 5.92 Å². The van der Waals surface area contributed by atoms with E-state index >= 15 is 0 Å². The predicted octanol–water partition coefficient (Wildman–Crippen LogP) is 3.90. The monoisotopic (exact) mass is 387 g/mol. The van der Waals surface area contributed by atoms with Crippen molar-refractivity contribution < 1.29 is 24.2 Å². The minimum Gasteiger partial charge on any atom is -0.491 e. The van der Waals surface area contributed by atoms with E-state index in [9.17, 15) is 9.59 Å². The maximum Gasteiger partial charge on any atom is 0.405 e. The second-order valence-electron chi connectivity index (χ2n) is 7.29. The Kier molecular flexibility index (Phi) is 8.26. The summed E-state index contributed by atoms with van der Waals surface area (Å²) >= 11 is 0. The van der Waals surface area contributed by atoms with Gasteiger partial charge in [0, 0.05) is 12.5 Å². The number of carbonyl (C=O) groups excluding carboxylic acids is 1. The molecule has 6 heteroatoms. The number of carboxylic acid groups (broad SMARTS) is 1. The maximum absolute atomic E-state index is 11.2. The fourth-order valence-corrected chi connectivity index (χ4v) is 3.31. The molecule has 0 aliphatic heterocycles. The summed E-state index contributed by atoms with van der Waals surface area (Å²) < 4.78 is 10.9. The Morgan fingerprint density at radius 1 is 1.21 bits per heavy atom. The standard InChI is InChI=1S/C22H29NO5/c1-15(2)18(13-19(14-24)23-22(25)26)11-16-7-8-17-5-4-6-21(20(17)12-16)28-10-9-27-3/h4-8,12,14-15,18-19,23H,9-11,13H2,1-3H3,(H,25,26). The molecule has 0 heterocycles. The topological polar surface area (TPSA) is 84.9 Å². The summed E-state index contributed by atoms with van der Waals surface area (Å²) in [6.07, 6.45) is 0.720. The molecule has 2 aromatic rings. The van der Waals surface area contributed by atoms with Gasteiger partial charge < -0.3 is 24.7 Å².